The number of anilines is 1. The number of benzene rings is 1. The van der Waals surface area contributed by atoms with Crippen LogP contribution >= 0.6 is 23.4 Å². The monoisotopic (exact) mass is 497 g/mol. The number of sulfonamides is 1. The molecule has 0 atom stereocenters. The summed E-state index contributed by atoms with van der Waals surface area (Å²) in [7, 11) is -3.70. The maximum absolute atomic E-state index is 12.9. The van der Waals surface area contributed by atoms with Crippen molar-refractivity contribution in [3.05, 3.63) is 41.7 Å². The Morgan fingerprint density at radius 3 is 2.75 bits per heavy atom. The quantitative estimate of drug-likeness (QED) is 0.419. The van der Waals surface area contributed by atoms with E-state index in [0.29, 0.717) is 30.8 Å². The SMILES string of the molecule is C=CCn1c(SCC(=O)Nc2cc(S(=O)(=O)N3CCOCC3)ccc2Cl)nnc1C1CC1. The Kier molecular flexibility index (Phi) is 7.21. The molecule has 1 saturated heterocycles. The van der Waals surface area contributed by atoms with E-state index in [0.717, 1.165) is 18.7 Å². The van der Waals surface area contributed by atoms with Crippen LogP contribution in [0.25, 0.3) is 0 Å². The highest BCUT2D eigenvalue weighted by molar-refractivity contribution is 7.99. The number of carbonyl (C=O) groups excluding carboxylic acids is 1. The molecule has 1 aromatic heterocycles. The van der Waals surface area contributed by atoms with Crippen LogP contribution in [0.15, 0.2) is 40.9 Å². The topological polar surface area (TPSA) is 106 Å². The number of hydrogen-bond acceptors (Lipinski definition) is 7. The predicted octanol–water partition coefficient (Wildman–Crippen LogP) is 2.75. The van der Waals surface area contributed by atoms with Crippen LogP contribution in [0.1, 0.15) is 24.6 Å². The molecule has 0 bridgehead atoms. The van der Waals surface area contributed by atoms with E-state index in [1.165, 1.54) is 34.3 Å². The number of aromatic nitrogens is 3. The number of allylic oxidation sites excluding steroid dienone is 1. The number of amides is 1. The third kappa shape index (κ3) is 5.18. The number of thioether (sulfide) groups is 1. The zero-order valence-corrected chi connectivity index (χ0v) is 19.8. The van der Waals surface area contributed by atoms with Gasteiger partial charge in [0.1, 0.15) is 5.82 Å². The van der Waals surface area contributed by atoms with E-state index in [1.54, 1.807) is 6.08 Å². The van der Waals surface area contributed by atoms with E-state index >= 15 is 0 Å². The second kappa shape index (κ2) is 9.92. The molecular formula is C20H24ClN5O4S2. The molecule has 2 aliphatic rings. The number of halogens is 1. The van der Waals surface area contributed by atoms with Gasteiger partial charge in [-0.3, -0.25) is 4.79 Å². The van der Waals surface area contributed by atoms with Gasteiger partial charge in [-0.1, -0.05) is 29.4 Å². The molecule has 32 heavy (non-hydrogen) atoms. The van der Waals surface area contributed by atoms with Crippen LogP contribution in [0.3, 0.4) is 0 Å². The molecule has 1 aliphatic heterocycles. The van der Waals surface area contributed by atoms with Gasteiger partial charge in [0.05, 0.1) is 34.6 Å². The highest BCUT2D eigenvalue weighted by Gasteiger charge is 2.30. The summed E-state index contributed by atoms with van der Waals surface area (Å²) in [5, 5.41) is 12.1. The number of carbonyl (C=O) groups is 1. The van der Waals surface area contributed by atoms with Gasteiger partial charge in [-0.2, -0.15) is 4.31 Å². The van der Waals surface area contributed by atoms with Gasteiger partial charge in [0.2, 0.25) is 15.9 Å². The van der Waals surface area contributed by atoms with Crippen molar-refractivity contribution in [2.45, 2.75) is 35.4 Å². The van der Waals surface area contributed by atoms with Gasteiger partial charge in [-0.25, -0.2) is 8.42 Å². The molecule has 1 N–H and O–H groups in total. The molecule has 12 heteroatoms. The van der Waals surface area contributed by atoms with Crippen LogP contribution in [0.4, 0.5) is 5.69 Å². The zero-order valence-electron chi connectivity index (χ0n) is 17.4. The highest BCUT2D eigenvalue weighted by Crippen LogP contribution is 2.40. The van der Waals surface area contributed by atoms with Crippen molar-refractivity contribution >= 4 is 45.0 Å². The van der Waals surface area contributed by atoms with Crippen LogP contribution < -0.4 is 5.32 Å². The minimum atomic E-state index is -3.70. The lowest BCUT2D eigenvalue weighted by Gasteiger charge is -2.26. The summed E-state index contributed by atoms with van der Waals surface area (Å²) in [5.74, 6) is 1.12. The molecule has 4 rings (SSSR count). The first-order valence-corrected chi connectivity index (χ1v) is 13.0. The minimum absolute atomic E-state index is 0.0755. The van der Waals surface area contributed by atoms with E-state index < -0.39 is 10.0 Å². The number of morpholine rings is 1. The molecule has 1 aliphatic carbocycles. The summed E-state index contributed by atoms with van der Waals surface area (Å²) in [6.45, 7) is 5.65. The van der Waals surface area contributed by atoms with E-state index in [4.69, 9.17) is 16.3 Å². The Morgan fingerprint density at radius 2 is 2.06 bits per heavy atom. The van der Waals surface area contributed by atoms with Gasteiger partial charge in [0.25, 0.3) is 0 Å². The molecule has 2 heterocycles. The highest BCUT2D eigenvalue weighted by atomic mass is 35.5. The molecule has 0 radical (unpaired) electrons. The molecule has 172 valence electrons. The number of nitrogens with one attached hydrogen (secondary N) is 1. The first-order valence-electron chi connectivity index (χ1n) is 10.2. The molecule has 1 saturated carbocycles. The summed E-state index contributed by atoms with van der Waals surface area (Å²) in [5.41, 5.74) is 0.248. The first kappa shape index (κ1) is 23.2. The average Bonchev–Trinajstić information content (AvgIpc) is 3.56. The molecule has 0 unspecified atom stereocenters. The van der Waals surface area contributed by atoms with Crippen molar-refractivity contribution in [1.29, 1.82) is 0 Å². The number of ether oxygens (including phenoxy) is 1. The second-order valence-electron chi connectivity index (χ2n) is 7.51. The number of hydrogen-bond donors (Lipinski definition) is 1. The first-order chi connectivity index (χ1) is 15.4. The standard InChI is InChI=1S/C20H24ClN5O4S2/c1-2-7-26-19(14-3-4-14)23-24-20(26)31-13-18(27)22-17-12-15(5-6-16(17)21)32(28,29)25-8-10-30-11-9-25/h2,5-6,12,14H,1,3-4,7-11,13H2,(H,22,27). The summed E-state index contributed by atoms with van der Waals surface area (Å²) in [6, 6.07) is 4.30. The van der Waals surface area contributed by atoms with Crippen molar-refractivity contribution in [2.75, 3.05) is 37.4 Å². The fourth-order valence-corrected chi connectivity index (χ4v) is 5.72. The van der Waals surface area contributed by atoms with Crippen LogP contribution in [0.5, 0.6) is 0 Å². The van der Waals surface area contributed by atoms with Gasteiger partial charge in [0.15, 0.2) is 5.16 Å². The summed E-state index contributed by atoms with van der Waals surface area (Å²) >= 11 is 7.48. The van der Waals surface area contributed by atoms with E-state index in [1.807, 2.05) is 4.57 Å². The fourth-order valence-electron chi connectivity index (χ4n) is 3.36. The molecule has 0 spiro atoms. The maximum atomic E-state index is 12.9. The Hall–Kier alpha value is -1.92. The van der Waals surface area contributed by atoms with Crippen molar-refractivity contribution in [2.24, 2.45) is 0 Å². The maximum Gasteiger partial charge on any atom is 0.243 e. The van der Waals surface area contributed by atoms with Crippen molar-refractivity contribution in [3.8, 4) is 0 Å². The number of nitrogens with zero attached hydrogens (tertiary/aromatic N) is 4. The average molecular weight is 498 g/mol. The van der Waals surface area contributed by atoms with E-state index in [9.17, 15) is 13.2 Å². The molecule has 9 nitrogen and oxygen atoms in total. The van der Waals surface area contributed by atoms with Crippen molar-refractivity contribution in [3.63, 3.8) is 0 Å². The molecule has 2 fully saturated rings. The molecule has 2 aromatic rings. The second-order valence-corrected chi connectivity index (χ2v) is 10.8. The Bertz CT molecular complexity index is 1110. The van der Waals surface area contributed by atoms with Gasteiger partial charge >= 0.3 is 0 Å². The van der Waals surface area contributed by atoms with E-state index in [2.05, 4.69) is 22.1 Å². The van der Waals surface area contributed by atoms with Gasteiger partial charge in [0, 0.05) is 25.6 Å². The van der Waals surface area contributed by atoms with Crippen LogP contribution in [-0.4, -0.2) is 65.5 Å². The Balaban J connectivity index is 1.43. The summed E-state index contributed by atoms with van der Waals surface area (Å²) < 4.78 is 34.4. The lowest BCUT2D eigenvalue weighted by Crippen LogP contribution is -2.40. The molecule has 1 aromatic carbocycles. The summed E-state index contributed by atoms with van der Waals surface area (Å²) in [6.07, 6.45) is 3.98. The van der Waals surface area contributed by atoms with Crippen LogP contribution in [0, 0.1) is 0 Å². The van der Waals surface area contributed by atoms with Crippen LogP contribution in [0.2, 0.25) is 5.02 Å². The predicted molar refractivity (Wildman–Crippen MR) is 123 cm³/mol. The van der Waals surface area contributed by atoms with Crippen molar-refractivity contribution < 1.29 is 17.9 Å². The largest absolute Gasteiger partial charge is 0.379 e. The smallest absolute Gasteiger partial charge is 0.243 e. The molecule has 1 amide bonds. The third-order valence-corrected chi connectivity index (χ3v) is 8.34. The van der Waals surface area contributed by atoms with Gasteiger partial charge in [-0.15, -0.1) is 16.8 Å². The Labute approximate surface area is 196 Å². The lowest BCUT2D eigenvalue weighted by atomic mass is 10.3. The zero-order chi connectivity index (χ0) is 22.7. The van der Waals surface area contributed by atoms with E-state index in [-0.39, 0.29) is 40.4 Å². The summed E-state index contributed by atoms with van der Waals surface area (Å²) in [4.78, 5) is 12.7. The number of rotatable bonds is 9. The van der Waals surface area contributed by atoms with Crippen molar-refractivity contribution in [1.82, 2.24) is 19.1 Å². The fraction of sp³-hybridized carbons (Fsp3) is 0.450. The van der Waals surface area contributed by atoms with Gasteiger partial charge in [-0.05, 0) is 31.0 Å². The Morgan fingerprint density at radius 1 is 1.31 bits per heavy atom. The molecular weight excluding hydrogens is 474 g/mol. The minimum Gasteiger partial charge on any atom is -0.379 e. The van der Waals surface area contributed by atoms with Crippen LogP contribution in [-0.2, 0) is 26.1 Å². The lowest BCUT2D eigenvalue weighted by molar-refractivity contribution is -0.113. The third-order valence-electron chi connectivity index (χ3n) is 5.15. The normalized spacial score (nSPS) is 17.3. The van der Waals surface area contributed by atoms with Gasteiger partial charge < -0.3 is 14.6 Å².